The quantitative estimate of drug-likeness (QED) is 0.334. The average Bonchev–Trinajstić information content (AvgIpc) is 2.86. The summed E-state index contributed by atoms with van der Waals surface area (Å²) in [6.45, 7) is 3.92. The Morgan fingerprint density at radius 1 is 0.886 bits per heavy atom. The molecule has 1 heterocycles. The summed E-state index contributed by atoms with van der Waals surface area (Å²) in [4.78, 5) is 40.4. The van der Waals surface area contributed by atoms with Crippen molar-refractivity contribution in [2.45, 2.75) is 19.0 Å². The van der Waals surface area contributed by atoms with Crippen LogP contribution >= 0.6 is 11.8 Å². The zero-order chi connectivity index (χ0) is 24.8. The molecular formula is C26H23N5O3S. The van der Waals surface area contributed by atoms with E-state index in [1.165, 1.54) is 0 Å². The van der Waals surface area contributed by atoms with Crippen molar-refractivity contribution in [2.24, 2.45) is 0 Å². The van der Waals surface area contributed by atoms with Gasteiger partial charge in [0.2, 0.25) is 5.91 Å². The van der Waals surface area contributed by atoms with E-state index in [4.69, 9.17) is 0 Å². The summed E-state index contributed by atoms with van der Waals surface area (Å²) in [7, 11) is 0. The molecule has 2 amide bonds. The van der Waals surface area contributed by atoms with E-state index in [2.05, 4.69) is 25.8 Å². The van der Waals surface area contributed by atoms with Crippen molar-refractivity contribution in [2.75, 3.05) is 16.4 Å². The Balaban J connectivity index is 1.45. The number of aromatic amines is 1. The van der Waals surface area contributed by atoms with Crippen LogP contribution in [0.15, 0.2) is 82.7 Å². The third kappa shape index (κ3) is 6.01. The molecule has 176 valence electrons. The number of hydrogen-bond acceptors (Lipinski definition) is 6. The molecule has 0 unspecified atom stereocenters. The molecule has 4 rings (SSSR count). The first kappa shape index (κ1) is 23.9. The number of aromatic nitrogens is 3. The largest absolute Gasteiger partial charge is 0.325 e. The summed E-state index contributed by atoms with van der Waals surface area (Å²) in [5.74, 6) is -0.465. The molecule has 0 fully saturated rings. The molecule has 35 heavy (non-hydrogen) atoms. The van der Waals surface area contributed by atoms with Gasteiger partial charge in [-0.3, -0.25) is 19.4 Å². The number of thioether (sulfide) groups is 1. The molecule has 4 aromatic rings. The van der Waals surface area contributed by atoms with Crippen molar-refractivity contribution in [1.29, 1.82) is 0 Å². The molecule has 9 heteroatoms. The van der Waals surface area contributed by atoms with Crippen LogP contribution in [-0.4, -0.2) is 32.7 Å². The van der Waals surface area contributed by atoms with Gasteiger partial charge in [-0.05, 0) is 43.7 Å². The van der Waals surface area contributed by atoms with Crippen LogP contribution in [0.4, 0.5) is 11.4 Å². The second-order valence-corrected chi connectivity index (χ2v) is 8.79. The van der Waals surface area contributed by atoms with Crippen molar-refractivity contribution in [3.05, 3.63) is 99.8 Å². The number of para-hydroxylation sites is 1. The lowest BCUT2D eigenvalue weighted by atomic mass is 10.1. The van der Waals surface area contributed by atoms with Crippen LogP contribution in [0.1, 0.15) is 21.5 Å². The molecule has 0 saturated carbocycles. The lowest BCUT2D eigenvalue weighted by Gasteiger charge is -2.10. The summed E-state index contributed by atoms with van der Waals surface area (Å²) in [6, 6.07) is 21.4. The highest BCUT2D eigenvalue weighted by Gasteiger charge is 2.15. The number of rotatable bonds is 7. The fraction of sp³-hybridized carbons (Fsp3) is 0.115. The number of anilines is 2. The Morgan fingerprint density at radius 3 is 2.37 bits per heavy atom. The number of nitrogens with one attached hydrogen (secondary N) is 3. The van der Waals surface area contributed by atoms with Crippen LogP contribution in [0.5, 0.6) is 0 Å². The van der Waals surface area contributed by atoms with E-state index < -0.39 is 5.56 Å². The van der Waals surface area contributed by atoms with Gasteiger partial charge in [0, 0.05) is 16.8 Å². The smallest absolute Gasteiger partial charge is 0.278 e. The molecule has 8 nitrogen and oxygen atoms in total. The van der Waals surface area contributed by atoms with Crippen molar-refractivity contribution < 1.29 is 9.59 Å². The van der Waals surface area contributed by atoms with Gasteiger partial charge in [-0.25, -0.2) is 0 Å². The molecule has 0 spiro atoms. The van der Waals surface area contributed by atoms with Gasteiger partial charge in [0.1, 0.15) is 0 Å². The molecule has 3 N–H and O–H groups in total. The first-order chi connectivity index (χ1) is 16.9. The summed E-state index contributed by atoms with van der Waals surface area (Å²) in [5, 5.41) is 14.0. The number of carbonyl (C=O) groups is 2. The van der Waals surface area contributed by atoms with Crippen LogP contribution in [0.2, 0.25) is 0 Å². The first-order valence-electron chi connectivity index (χ1n) is 10.8. The molecule has 0 saturated heterocycles. The Labute approximate surface area is 206 Å². The zero-order valence-corrected chi connectivity index (χ0v) is 20.0. The van der Waals surface area contributed by atoms with Crippen molar-refractivity contribution in [1.82, 2.24) is 15.2 Å². The minimum atomic E-state index is -0.473. The highest BCUT2D eigenvalue weighted by molar-refractivity contribution is 7.99. The van der Waals surface area contributed by atoms with E-state index in [-0.39, 0.29) is 28.4 Å². The minimum Gasteiger partial charge on any atom is -0.325 e. The third-order valence-corrected chi connectivity index (χ3v) is 6.00. The van der Waals surface area contributed by atoms with Gasteiger partial charge in [0.25, 0.3) is 11.5 Å². The van der Waals surface area contributed by atoms with Gasteiger partial charge >= 0.3 is 0 Å². The third-order valence-electron chi connectivity index (χ3n) is 5.14. The lowest BCUT2D eigenvalue weighted by Crippen LogP contribution is -2.18. The van der Waals surface area contributed by atoms with Gasteiger partial charge in [-0.1, -0.05) is 65.9 Å². The number of aryl methyl sites for hydroxylation is 2. The Hall–Kier alpha value is -4.24. The van der Waals surface area contributed by atoms with E-state index in [1.54, 1.807) is 48.5 Å². The van der Waals surface area contributed by atoms with Gasteiger partial charge in [-0.2, -0.15) is 0 Å². The molecule has 3 aromatic carbocycles. The minimum absolute atomic E-state index is 0.0566. The Bertz CT molecular complexity index is 1440. The van der Waals surface area contributed by atoms with Crippen LogP contribution < -0.4 is 16.2 Å². The van der Waals surface area contributed by atoms with E-state index in [0.717, 1.165) is 28.6 Å². The van der Waals surface area contributed by atoms with Gasteiger partial charge in [-0.15, -0.1) is 10.2 Å². The van der Waals surface area contributed by atoms with E-state index in [0.29, 0.717) is 16.8 Å². The highest BCUT2D eigenvalue weighted by Crippen LogP contribution is 2.25. The van der Waals surface area contributed by atoms with Gasteiger partial charge < -0.3 is 10.6 Å². The topological polar surface area (TPSA) is 117 Å². The van der Waals surface area contributed by atoms with E-state index in [1.807, 2.05) is 38.1 Å². The number of hydrogen-bond donors (Lipinski definition) is 3. The predicted molar refractivity (Wildman–Crippen MR) is 138 cm³/mol. The Morgan fingerprint density at radius 2 is 1.63 bits per heavy atom. The van der Waals surface area contributed by atoms with Crippen LogP contribution in [0, 0.1) is 13.8 Å². The molecular weight excluding hydrogens is 462 g/mol. The van der Waals surface area contributed by atoms with Gasteiger partial charge in [0.05, 0.1) is 11.4 Å². The lowest BCUT2D eigenvalue weighted by molar-refractivity contribution is -0.113. The van der Waals surface area contributed by atoms with Crippen molar-refractivity contribution in [3.8, 4) is 11.3 Å². The van der Waals surface area contributed by atoms with E-state index >= 15 is 0 Å². The Kier molecular flexibility index (Phi) is 7.37. The number of nitrogens with zero attached hydrogens (tertiary/aromatic N) is 2. The second kappa shape index (κ2) is 10.8. The summed E-state index contributed by atoms with van der Waals surface area (Å²) in [5.41, 5.74) is 3.79. The average molecular weight is 486 g/mol. The van der Waals surface area contributed by atoms with Crippen LogP contribution in [0.3, 0.4) is 0 Å². The second-order valence-electron chi connectivity index (χ2n) is 7.83. The molecule has 0 atom stereocenters. The number of H-pyrrole nitrogens is 1. The van der Waals surface area contributed by atoms with Crippen molar-refractivity contribution in [3.63, 3.8) is 0 Å². The maximum absolute atomic E-state index is 12.8. The van der Waals surface area contributed by atoms with Crippen molar-refractivity contribution >= 4 is 35.0 Å². The highest BCUT2D eigenvalue weighted by atomic mass is 32.2. The number of benzene rings is 3. The molecule has 0 aliphatic carbocycles. The summed E-state index contributed by atoms with van der Waals surface area (Å²) < 4.78 is 0. The van der Waals surface area contributed by atoms with Crippen LogP contribution in [-0.2, 0) is 4.79 Å². The summed E-state index contributed by atoms with van der Waals surface area (Å²) >= 11 is 1.08. The molecule has 0 bridgehead atoms. The standard InChI is InChI=1S/C26H23N5O3S/c1-16-12-13-20(17(2)14-16)27-22(32)15-35-26-29-25(34)23(30-31-26)19-10-6-7-11-21(19)28-24(33)18-8-4-3-5-9-18/h3-14H,15H2,1-2H3,(H,27,32)(H,28,33)(H,29,31,34). The maximum Gasteiger partial charge on any atom is 0.278 e. The van der Waals surface area contributed by atoms with Gasteiger partial charge in [0.15, 0.2) is 10.9 Å². The molecule has 0 aliphatic heterocycles. The molecule has 1 aromatic heterocycles. The fourth-order valence-corrected chi connectivity index (χ4v) is 4.02. The normalized spacial score (nSPS) is 10.6. The monoisotopic (exact) mass is 485 g/mol. The fourth-order valence-electron chi connectivity index (χ4n) is 3.42. The SMILES string of the molecule is Cc1ccc(NC(=O)CSc2nnc(-c3ccccc3NC(=O)c3ccccc3)c(=O)[nH]2)c(C)c1. The van der Waals surface area contributed by atoms with Crippen LogP contribution in [0.25, 0.3) is 11.3 Å². The summed E-state index contributed by atoms with van der Waals surface area (Å²) in [6.07, 6.45) is 0. The zero-order valence-electron chi connectivity index (χ0n) is 19.2. The van der Waals surface area contributed by atoms with E-state index in [9.17, 15) is 14.4 Å². The first-order valence-corrected chi connectivity index (χ1v) is 11.8. The number of carbonyl (C=O) groups excluding carboxylic acids is 2. The predicted octanol–water partition coefficient (Wildman–Crippen LogP) is 4.43. The molecule has 0 radical (unpaired) electrons. The maximum atomic E-state index is 12.8. The number of amides is 2. The molecule has 0 aliphatic rings.